The minimum absolute atomic E-state index is 0.137. The number of hydrogen-bond donors (Lipinski definition) is 0. The fraction of sp³-hybridized carbons (Fsp3) is 1.00. The van der Waals surface area contributed by atoms with Crippen molar-refractivity contribution >= 4 is 0 Å². The van der Waals surface area contributed by atoms with Crippen LogP contribution in [0.1, 0.15) is 85.5 Å². The first-order valence-corrected chi connectivity index (χ1v) is 7.58. The molecule has 0 aromatic rings. The van der Waals surface area contributed by atoms with Crippen LogP contribution in [0.3, 0.4) is 0 Å². The lowest BCUT2D eigenvalue weighted by Gasteiger charge is -2.27. The molecule has 0 aromatic heterocycles. The van der Waals surface area contributed by atoms with Gasteiger partial charge < -0.3 is 0 Å². The summed E-state index contributed by atoms with van der Waals surface area (Å²) in [4.78, 5) is 0. The van der Waals surface area contributed by atoms with E-state index in [0.29, 0.717) is 5.41 Å². The van der Waals surface area contributed by atoms with Gasteiger partial charge in [0.25, 0.3) is 0 Å². The van der Waals surface area contributed by atoms with Crippen LogP contribution < -0.4 is 0 Å². The van der Waals surface area contributed by atoms with Gasteiger partial charge in [-0.2, -0.15) is 0 Å². The van der Waals surface area contributed by atoms with Gasteiger partial charge in [0.15, 0.2) is 0 Å². The highest BCUT2D eigenvalue weighted by Gasteiger charge is 2.19. The molecule has 0 heterocycles. The first kappa shape index (κ1) is 16.9. The highest BCUT2D eigenvalue weighted by molar-refractivity contribution is 4.71. The van der Waals surface area contributed by atoms with Gasteiger partial charge in [0.2, 0.25) is 0 Å². The van der Waals surface area contributed by atoms with E-state index in [1.165, 1.54) is 44.9 Å². The molecule has 104 valence electrons. The fourth-order valence-electron chi connectivity index (χ4n) is 2.59. The summed E-state index contributed by atoms with van der Waals surface area (Å²) >= 11 is 0. The Labute approximate surface area is 108 Å². The maximum absolute atomic E-state index is 11.9. The van der Waals surface area contributed by atoms with E-state index in [4.69, 9.17) is 0 Å². The number of alkyl halides is 1. The monoisotopic (exact) mass is 244 g/mol. The van der Waals surface area contributed by atoms with Gasteiger partial charge >= 0.3 is 0 Å². The van der Waals surface area contributed by atoms with Crippen LogP contribution in [0.25, 0.3) is 0 Å². The maximum atomic E-state index is 11.9. The molecule has 17 heavy (non-hydrogen) atoms. The minimum atomic E-state index is -0.137. The predicted octanol–water partition coefficient (Wildman–Crippen LogP) is 6.15. The van der Waals surface area contributed by atoms with E-state index in [9.17, 15) is 4.39 Å². The lowest BCUT2D eigenvalue weighted by Crippen LogP contribution is -2.15. The van der Waals surface area contributed by atoms with E-state index >= 15 is 0 Å². The van der Waals surface area contributed by atoms with Gasteiger partial charge in [0.1, 0.15) is 0 Å². The lowest BCUT2D eigenvalue weighted by molar-refractivity contribution is 0.244. The van der Waals surface area contributed by atoms with Crippen LogP contribution in [-0.4, -0.2) is 6.67 Å². The average Bonchev–Trinajstić information content (AvgIpc) is 2.27. The Balaban J connectivity index is 3.45. The second-order valence-corrected chi connectivity index (χ2v) is 6.44. The van der Waals surface area contributed by atoms with Crippen molar-refractivity contribution in [2.45, 2.75) is 85.5 Å². The van der Waals surface area contributed by atoms with Crippen LogP contribution in [-0.2, 0) is 0 Å². The summed E-state index contributed by atoms with van der Waals surface area (Å²) in [5.41, 5.74) is 0.508. The zero-order valence-electron chi connectivity index (χ0n) is 12.5. The highest BCUT2D eigenvalue weighted by Crippen LogP contribution is 2.32. The molecule has 0 radical (unpaired) electrons. The zero-order chi connectivity index (χ0) is 13.1. The molecule has 0 aromatic carbocycles. The van der Waals surface area contributed by atoms with Crippen molar-refractivity contribution in [3.8, 4) is 0 Å². The van der Waals surface area contributed by atoms with Gasteiger partial charge in [-0.15, -0.1) is 0 Å². The third-order valence-electron chi connectivity index (χ3n) is 3.84. The van der Waals surface area contributed by atoms with Crippen LogP contribution >= 0.6 is 0 Å². The van der Waals surface area contributed by atoms with Crippen molar-refractivity contribution in [1.29, 1.82) is 0 Å². The molecule has 0 saturated carbocycles. The average molecular weight is 244 g/mol. The van der Waals surface area contributed by atoms with Gasteiger partial charge in [0, 0.05) is 0 Å². The summed E-state index contributed by atoms with van der Waals surface area (Å²) in [6.07, 6.45) is 11.0. The topological polar surface area (TPSA) is 0 Å². The van der Waals surface area contributed by atoms with Crippen LogP contribution in [0.4, 0.5) is 4.39 Å². The molecular weight excluding hydrogens is 211 g/mol. The molecule has 0 saturated heterocycles. The Hall–Kier alpha value is -0.0700. The number of halogens is 1. The predicted molar refractivity (Wildman–Crippen MR) is 76.1 cm³/mol. The van der Waals surface area contributed by atoms with Crippen molar-refractivity contribution in [3.63, 3.8) is 0 Å². The summed E-state index contributed by atoms with van der Waals surface area (Å²) in [5, 5.41) is 0. The Morgan fingerprint density at radius 1 is 0.941 bits per heavy atom. The molecule has 1 heteroatoms. The number of rotatable bonds is 11. The molecule has 1 unspecified atom stereocenters. The van der Waals surface area contributed by atoms with E-state index < -0.39 is 0 Å². The van der Waals surface area contributed by atoms with Crippen molar-refractivity contribution in [3.05, 3.63) is 0 Å². The van der Waals surface area contributed by atoms with E-state index in [1.54, 1.807) is 0 Å². The second-order valence-electron chi connectivity index (χ2n) is 6.44. The number of hydrogen-bond acceptors (Lipinski definition) is 0. The summed E-state index contributed by atoms with van der Waals surface area (Å²) in [5.74, 6) is 0.856. The van der Waals surface area contributed by atoms with Gasteiger partial charge in [0.05, 0.1) is 6.67 Å². The Bertz CT molecular complexity index is 163. The second kappa shape index (κ2) is 9.91. The molecule has 0 amide bonds. The zero-order valence-corrected chi connectivity index (χ0v) is 12.5. The van der Waals surface area contributed by atoms with Crippen LogP contribution in [0.2, 0.25) is 0 Å². The lowest BCUT2D eigenvalue weighted by atomic mass is 9.78. The molecule has 0 rings (SSSR count). The molecule has 0 nitrogen and oxygen atoms in total. The molecule has 0 aliphatic carbocycles. The summed E-state index contributed by atoms with van der Waals surface area (Å²) in [7, 11) is 0. The number of unbranched alkanes of at least 4 members (excludes halogenated alkanes) is 5. The molecule has 0 N–H and O–H groups in total. The largest absolute Gasteiger partial charge is 0.251 e. The molecule has 1 atom stereocenters. The molecule has 0 spiro atoms. The normalized spacial score (nSPS) is 13.9. The summed E-state index contributed by atoms with van der Waals surface area (Å²) < 4.78 is 11.9. The van der Waals surface area contributed by atoms with Crippen LogP contribution in [0, 0.1) is 11.3 Å². The first-order chi connectivity index (χ1) is 8.02. The minimum Gasteiger partial charge on any atom is -0.251 e. The van der Waals surface area contributed by atoms with Gasteiger partial charge in [-0.1, -0.05) is 66.2 Å². The Kier molecular flexibility index (Phi) is 9.87. The molecule has 0 bridgehead atoms. The molecule has 0 aliphatic heterocycles. The Morgan fingerprint density at radius 3 is 2.00 bits per heavy atom. The quantitative estimate of drug-likeness (QED) is 0.382. The van der Waals surface area contributed by atoms with Crippen LogP contribution in [0.5, 0.6) is 0 Å². The van der Waals surface area contributed by atoms with Crippen molar-refractivity contribution in [1.82, 2.24) is 0 Å². The van der Waals surface area contributed by atoms with E-state index in [1.807, 2.05) is 0 Å². The standard InChI is InChI=1S/C16H33F/c1-5-15(2)14-16(3,4)12-10-8-6-7-9-11-13-17/h15H,5-14H2,1-4H3. The smallest absolute Gasteiger partial charge is 0.0894 e. The van der Waals surface area contributed by atoms with Gasteiger partial charge in [-0.25, -0.2) is 0 Å². The molecular formula is C16H33F. The molecule has 0 aliphatic rings. The highest BCUT2D eigenvalue weighted by atomic mass is 19.1. The third-order valence-corrected chi connectivity index (χ3v) is 3.84. The van der Waals surface area contributed by atoms with Crippen molar-refractivity contribution < 1.29 is 4.39 Å². The van der Waals surface area contributed by atoms with E-state index in [0.717, 1.165) is 18.8 Å². The van der Waals surface area contributed by atoms with Crippen molar-refractivity contribution in [2.24, 2.45) is 11.3 Å². The van der Waals surface area contributed by atoms with E-state index in [-0.39, 0.29) is 6.67 Å². The van der Waals surface area contributed by atoms with Gasteiger partial charge in [-0.05, 0) is 30.6 Å². The summed E-state index contributed by atoms with van der Waals surface area (Å²) in [6.45, 7) is 9.32. The SMILES string of the molecule is CCC(C)CC(C)(C)CCCCCCCCF. The first-order valence-electron chi connectivity index (χ1n) is 7.58. The summed E-state index contributed by atoms with van der Waals surface area (Å²) in [6, 6.07) is 0. The Morgan fingerprint density at radius 2 is 1.47 bits per heavy atom. The van der Waals surface area contributed by atoms with E-state index in [2.05, 4.69) is 27.7 Å². The van der Waals surface area contributed by atoms with Crippen molar-refractivity contribution in [2.75, 3.05) is 6.67 Å². The fourth-order valence-corrected chi connectivity index (χ4v) is 2.59. The van der Waals surface area contributed by atoms with Crippen LogP contribution in [0.15, 0.2) is 0 Å². The maximum Gasteiger partial charge on any atom is 0.0894 e. The third kappa shape index (κ3) is 10.8. The molecule has 0 fully saturated rings. The van der Waals surface area contributed by atoms with Gasteiger partial charge in [-0.3, -0.25) is 4.39 Å².